The lowest BCUT2D eigenvalue weighted by Gasteiger charge is -2.24. The third-order valence-electron chi connectivity index (χ3n) is 4.09. The van der Waals surface area contributed by atoms with Crippen LogP contribution in [-0.4, -0.2) is 20.1 Å². The van der Waals surface area contributed by atoms with Crippen LogP contribution in [0.3, 0.4) is 0 Å². The zero-order chi connectivity index (χ0) is 18.0. The van der Waals surface area contributed by atoms with Crippen molar-refractivity contribution in [2.24, 2.45) is 0 Å². The number of rotatable bonds is 4. The smallest absolute Gasteiger partial charge is 0.224 e. The molecule has 0 saturated heterocycles. The Morgan fingerprint density at radius 3 is 2.24 bits per heavy atom. The topological polar surface area (TPSA) is 58.9 Å². The molecule has 0 bridgehead atoms. The summed E-state index contributed by atoms with van der Waals surface area (Å²) < 4.78 is 27.0. The van der Waals surface area contributed by atoms with E-state index in [0.717, 1.165) is 11.8 Å². The molecule has 0 amide bonds. The highest BCUT2D eigenvalue weighted by atomic mass is 19.1. The van der Waals surface area contributed by atoms with Crippen molar-refractivity contribution in [3.8, 4) is 11.3 Å². The molecule has 0 fully saturated rings. The Kier molecular flexibility index (Phi) is 4.55. The lowest BCUT2D eigenvalue weighted by atomic mass is 9.84. The van der Waals surface area contributed by atoms with Crippen LogP contribution < -0.4 is 0 Å². The number of pyridine rings is 3. The van der Waals surface area contributed by atoms with Crippen LogP contribution in [0, 0.1) is 11.9 Å². The summed E-state index contributed by atoms with van der Waals surface area (Å²) >= 11 is 0. The van der Waals surface area contributed by atoms with E-state index in [1.54, 1.807) is 18.2 Å². The third-order valence-corrected chi connectivity index (χ3v) is 4.09. The van der Waals surface area contributed by atoms with Crippen molar-refractivity contribution in [2.75, 3.05) is 0 Å². The van der Waals surface area contributed by atoms with Crippen molar-refractivity contribution in [1.82, 2.24) is 15.0 Å². The maximum absolute atomic E-state index is 14.0. The van der Waals surface area contributed by atoms with Crippen molar-refractivity contribution in [3.05, 3.63) is 77.5 Å². The Bertz CT molecular complexity index is 913. The zero-order valence-electron chi connectivity index (χ0n) is 13.9. The summed E-state index contributed by atoms with van der Waals surface area (Å²) in [5.41, 5.74) is 1.92. The van der Waals surface area contributed by atoms with Gasteiger partial charge >= 0.3 is 0 Å². The van der Waals surface area contributed by atoms with Gasteiger partial charge in [0.15, 0.2) is 0 Å². The second-order valence-electron chi connectivity index (χ2n) is 6.18. The Labute approximate surface area is 144 Å². The molecule has 3 aromatic rings. The quantitative estimate of drug-likeness (QED) is 0.736. The minimum absolute atomic E-state index is 0.135. The van der Waals surface area contributed by atoms with E-state index in [0.29, 0.717) is 17.1 Å². The molecular formula is C19H17F2N3O. The SMILES string of the molecule is CC(C)(c1cccc(CO)n1)c1cccc(-c2ccc(F)nc2F)n1. The van der Waals surface area contributed by atoms with Crippen molar-refractivity contribution < 1.29 is 13.9 Å². The Morgan fingerprint density at radius 1 is 0.880 bits per heavy atom. The van der Waals surface area contributed by atoms with E-state index in [9.17, 15) is 13.9 Å². The fraction of sp³-hybridized carbons (Fsp3) is 0.211. The van der Waals surface area contributed by atoms with E-state index >= 15 is 0 Å². The summed E-state index contributed by atoms with van der Waals surface area (Å²) in [6.07, 6.45) is 0. The van der Waals surface area contributed by atoms with Gasteiger partial charge in [0.25, 0.3) is 0 Å². The van der Waals surface area contributed by atoms with Crippen molar-refractivity contribution in [2.45, 2.75) is 25.9 Å². The standard InChI is InChI=1S/C19H17F2N3O/c1-19(2,15-7-3-5-12(11-25)22-15)16-8-4-6-14(23-16)13-9-10-17(20)24-18(13)21/h3-10,25H,11H2,1-2H3. The summed E-state index contributed by atoms with van der Waals surface area (Å²) in [7, 11) is 0. The predicted octanol–water partition coefficient (Wildman–Crippen LogP) is 3.64. The average molecular weight is 341 g/mol. The molecule has 3 heterocycles. The highest BCUT2D eigenvalue weighted by Crippen LogP contribution is 2.31. The van der Waals surface area contributed by atoms with Crippen LogP contribution in [0.25, 0.3) is 11.3 Å². The van der Waals surface area contributed by atoms with Gasteiger partial charge in [-0.05, 0) is 50.2 Å². The molecule has 0 aromatic carbocycles. The van der Waals surface area contributed by atoms with Gasteiger partial charge in [0.05, 0.1) is 34.9 Å². The first-order valence-electron chi connectivity index (χ1n) is 7.79. The molecule has 25 heavy (non-hydrogen) atoms. The fourth-order valence-corrected chi connectivity index (χ4v) is 2.58. The molecule has 3 rings (SSSR count). The van der Waals surface area contributed by atoms with Crippen LogP contribution in [0.4, 0.5) is 8.78 Å². The normalized spacial score (nSPS) is 11.6. The highest BCUT2D eigenvalue weighted by molar-refractivity contribution is 5.59. The first-order valence-corrected chi connectivity index (χ1v) is 7.79. The van der Waals surface area contributed by atoms with Crippen LogP contribution in [0.2, 0.25) is 0 Å². The van der Waals surface area contributed by atoms with E-state index in [1.807, 2.05) is 32.0 Å². The maximum Gasteiger partial charge on any atom is 0.224 e. The second-order valence-corrected chi connectivity index (χ2v) is 6.18. The summed E-state index contributed by atoms with van der Waals surface area (Å²) in [6, 6.07) is 13.1. The summed E-state index contributed by atoms with van der Waals surface area (Å²) in [6.45, 7) is 3.74. The molecule has 0 radical (unpaired) electrons. The van der Waals surface area contributed by atoms with Gasteiger partial charge in [-0.15, -0.1) is 0 Å². The van der Waals surface area contributed by atoms with Gasteiger partial charge in [0.1, 0.15) is 0 Å². The molecule has 0 spiro atoms. The van der Waals surface area contributed by atoms with Gasteiger partial charge in [-0.3, -0.25) is 9.97 Å². The van der Waals surface area contributed by atoms with Gasteiger partial charge in [-0.2, -0.15) is 13.8 Å². The number of nitrogens with zero attached hydrogens (tertiary/aromatic N) is 3. The monoisotopic (exact) mass is 341 g/mol. The van der Waals surface area contributed by atoms with Crippen LogP contribution in [0.5, 0.6) is 0 Å². The molecule has 6 heteroatoms. The molecular weight excluding hydrogens is 324 g/mol. The van der Waals surface area contributed by atoms with Crippen LogP contribution in [-0.2, 0) is 12.0 Å². The molecule has 0 atom stereocenters. The number of hydrogen-bond acceptors (Lipinski definition) is 4. The number of aliphatic hydroxyl groups is 1. The molecule has 3 aromatic heterocycles. The highest BCUT2D eigenvalue weighted by Gasteiger charge is 2.27. The van der Waals surface area contributed by atoms with E-state index in [-0.39, 0.29) is 12.2 Å². The molecule has 0 aliphatic rings. The molecule has 0 unspecified atom stereocenters. The molecule has 1 N–H and O–H groups in total. The summed E-state index contributed by atoms with van der Waals surface area (Å²) in [5, 5.41) is 9.29. The zero-order valence-corrected chi connectivity index (χ0v) is 13.9. The van der Waals surface area contributed by atoms with Gasteiger partial charge in [-0.1, -0.05) is 12.1 Å². The molecule has 0 saturated carbocycles. The largest absolute Gasteiger partial charge is 0.390 e. The van der Waals surface area contributed by atoms with Crippen LogP contribution in [0.1, 0.15) is 30.9 Å². The van der Waals surface area contributed by atoms with Gasteiger partial charge in [-0.25, -0.2) is 0 Å². The van der Waals surface area contributed by atoms with Gasteiger partial charge in [0, 0.05) is 5.41 Å². The van der Waals surface area contributed by atoms with Crippen molar-refractivity contribution in [3.63, 3.8) is 0 Å². The van der Waals surface area contributed by atoms with Gasteiger partial charge < -0.3 is 5.11 Å². The van der Waals surface area contributed by atoms with Gasteiger partial charge in [0.2, 0.25) is 11.9 Å². The first-order chi connectivity index (χ1) is 11.9. The Hall–Kier alpha value is -2.73. The minimum atomic E-state index is -0.900. The fourth-order valence-electron chi connectivity index (χ4n) is 2.58. The molecule has 4 nitrogen and oxygen atoms in total. The van der Waals surface area contributed by atoms with Crippen LogP contribution in [0.15, 0.2) is 48.5 Å². The van der Waals surface area contributed by atoms with Crippen molar-refractivity contribution >= 4 is 0 Å². The van der Waals surface area contributed by atoms with E-state index in [1.165, 1.54) is 6.07 Å². The molecule has 0 aliphatic heterocycles. The maximum atomic E-state index is 14.0. The van der Waals surface area contributed by atoms with E-state index < -0.39 is 17.3 Å². The lowest BCUT2D eigenvalue weighted by molar-refractivity contribution is 0.276. The lowest BCUT2D eigenvalue weighted by Crippen LogP contribution is -2.23. The first kappa shape index (κ1) is 17.1. The Balaban J connectivity index is 2.05. The second kappa shape index (κ2) is 6.64. The van der Waals surface area contributed by atoms with Crippen LogP contribution >= 0.6 is 0 Å². The van der Waals surface area contributed by atoms with Crippen molar-refractivity contribution in [1.29, 1.82) is 0 Å². The Morgan fingerprint density at radius 2 is 1.56 bits per heavy atom. The predicted molar refractivity (Wildman–Crippen MR) is 89.7 cm³/mol. The number of aromatic nitrogens is 3. The van der Waals surface area contributed by atoms with E-state index in [4.69, 9.17) is 0 Å². The number of halogens is 2. The molecule has 0 aliphatic carbocycles. The number of aliphatic hydroxyl groups excluding tert-OH is 1. The average Bonchev–Trinajstić information content (AvgIpc) is 2.62. The third kappa shape index (κ3) is 3.39. The summed E-state index contributed by atoms with van der Waals surface area (Å²) in [5.74, 6) is -1.77. The minimum Gasteiger partial charge on any atom is -0.390 e. The number of hydrogen-bond donors (Lipinski definition) is 1. The molecule has 128 valence electrons. The summed E-state index contributed by atoms with van der Waals surface area (Å²) in [4.78, 5) is 12.2. The van der Waals surface area contributed by atoms with E-state index in [2.05, 4.69) is 15.0 Å².